The molecule has 1 aromatic carbocycles. The van der Waals surface area contributed by atoms with Gasteiger partial charge in [-0.2, -0.15) is 0 Å². The largest absolute Gasteiger partial charge is 0.493 e. The Kier molecular flexibility index (Phi) is 4.42. The van der Waals surface area contributed by atoms with Gasteiger partial charge in [0.2, 0.25) is 0 Å². The summed E-state index contributed by atoms with van der Waals surface area (Å²) in [4.78, 5) is 17.2. The highest BCUT2D eigenvalue weighted by molar-refractivity contribution is 5.97. The maximum Gasteiger partial charge on any atom is 0.289 e. The molecule has 0 N–H and O–H groups in total. The van der Waals surface area contributed by atoms with Crippen molar-refractivity contribution in [3.63, 3.8) is 0 Å². The van der Waals surface area contributed by atoms with Gasteiger partial charge in [-0.15, -0.1) is 0 Å². The number of benzene rings is 1. The Morgan fingerprint density at radius 2 is 1.92 bits per heavy atom. The van der Waals surface area contributed by atoms with Gasteiger partial charge in [0.25, 0.3) is 5.91 Å². The van der Waals surface area contributed by atoms with Crippen LogP contribution in [-0.4, -0.2) is 56.0 Å². The van der Waals surface area contributed by atoms with Gasteiger partial charge in [-0.05, 0) is 63.4 Å². The number of ether oxygens (including phenoxy) is 1. The molecule has 0 spiro atoms. The third-order valence-corrected chi connectivity index (χ3v) is 5.88. The summed E-state index contributed by atoms with van der Waals surface area (Å²) in [6.45, 7) is 4.06. The molecule has 1 unspecified atom stereocenters. The molecular formula is C20H26N2O3. The maximum absolute atomic E-state index is 12.9. The molecule has 2 aliphatic rings. The van der Waals surface area contributed by atoms with Gasteiger partial charge in [0, 0.05) is 18.5 Å². The van der Waals surface area contributed by atoms with E-state index < -0.39 is 0 Å². The van der Waals surface area contributed by atoms with Crippen molar-refractivity contribution in [3.05, 3.63) is 30.0 Å². The van der Waals surface area contributed by atoms with Crippen molar-refractivity contribution in [3.8, 4) is 5.75 Å². The number of furan rings is 1. The van der Waals surface area contributed by atoms with Crippen molar-refractivity contribution in [1.29, 1.82) is 0 Å². The van der Waals surface area contributed by atoms with Gasteiger partial charge in [0.15, 0.2) is 17.1 Å². The second-order valence-corrected chi connectivity index (χ2v) is 7.43. The van der Waals surface area contributed by atoms with Crippen molar-refractivity contribution in [1.82, 2.24) is 9.80 Å². The number of likely N-dealkylation sites (tertiary alicyclic amines) is 2. The third kappa shape index (κ3) is 3.13. The Labute approximate surface area is 148 Å². The first-order valence-corrected chi connectivity index (χ1v) is 9.20. The summed E-state index contributed by atoms with van der Waals surface area (Å²) in [6, 6.07) is 7.55. The maximum atomic E-state index is 12.9. The molecule has 2 aliphatic heterocycles. The molecule has 0 radical (unpaired) electrons. The van der Waals surface area contributed by atoms with Crippen LogP contribution in [0.4, 0.5) is 0 Å². The van der Waals surface area contributed by atoms with E-state index in [4.69, 9.17) is 9.15 Å². The van der Waals surface area contributed by atoms with Crippen LogP contribution in [0.15, 0.2) is 28.7 Å². The minimum Gasteiger partial charge on any atom is -0.493 e. The monoisotopic (exact) mass is 342 g/mol. The predicted molar refractivity (Wildman–Crippen MR) is 97.0 cm³/mol. The SMILES string of the molecule is COc1cccc2cc(C(=O)N3CCC(C4CCN(C)CC4)C3)oc12. The van der Waals surface area contributed by atoms with Crippen LogP contribution >= 0.6 is 0 Å². The van der Waals surface area contributed by atoms with Crippen molar-refractivity contribution in [2.45, 2.75) is 19.3 Å². The van der Waals surface area contributed by atoms with E-state index >= 15 is 0 Å². The zero-order valence-corrected chi connectivity index (χ0v) is 15.0. The smallest absolute Gasteiger partial charge is 0.289 e. The molecule has 0 saturated carbocycles. The molecule has 2 fully saturated rings. The van der Waals surface area contributed by atoms with Crippen LogP contribution in [0, 0.1) is 11.8 Å². The number of methoxy groups -OCH3 is 1. The molecule has 0 bridgehead atoms. The number of carbonyl (C=O) groups is 1. The van der Waals surface area contributed by atoms with Gasteiger partial charge in [-0.3, -0.25) is 4.79 Å². The van der Waals surface area contributed by atoms with Gasteiger partial charge in [-0.1, -0.05) is 12.1 Å². The molecule has 3 heterocycles. The second-order valence-electron chi connectivity index (χ2n) is 7.43. The number of rotatable bonds is 3. The highest BCUT2D eigenvalue weighted by Gasteiger charge is 2.34. The number of hydrogen-bond donors (Lipinski definition) is 0. The standard InChI is InChI=1S/C20H26N2O3/c1-21-9-6-14(7-10-21)16-8-11-22(13-16)20(23)18-12-15-4-3-5-17(24-2)19(15)25-18/h3-5,12,14,16H,6-11,13H2,1-2H3. The van der Waals surface area contributed by atoms with E-state index in [1.807, 2.05) is 29.2 Å². The molecule has 25 heavy (non-hydrogen) atoms. The van der Waals surface area contributed by atoms with Crippen LogP contribution < -0.4 is 4.74 Å². The highest BCUT2D eigenvalue weighted by Crippen LogP contribution is 2.33. The normalized spacial score (nSPS) is 22.6. The van der Waals surface area contributed by atoms with Gasteiger partial charge < -0.3 is 19.0 Å². The lowest BCUT2D eigenvalue weighted by Gasteiger charge is -2.32. The van der Waals surface area contributed by atoms with Crippen LogP contribution in [-0.2, 0) is 0 Å². The molecule has 4 rings (SSSR count). The van der Waals surface area contributed by atoms with E-state index in [9.17, 15) is 4.79 Å². The van der Waals surface area contributed by atoms with Crippen LogP contribution in [0.3, 0.4) is 0 Å². The predicted octanol–water partition coefficient (Wildman–Crippen LogP) is 3.25. The van der Waals surface area contributed by atoms with Crippen molar-refractivity contribution in [2.24, 2.45) is 11.8 Å². The highest BCUT2D eigenvalue weighted by atomic mass is 16.5. The van der Waals surface area contributed by atoms with E-state index in [2.05, 4.69) is 11.9 Å². The first-order valence-electron chi connectivity index (χ1n) is 9.20. The third-order valence-electron chi connectivity index (χ3n) is 5.88. The van der Waals surface area contributed by atoms with Gasteiger partial charge in [0.1, 0.15) is 0 Å². The number of carbonyl (C=O) groups excluding carboxylic acids is 1. The molecular weight excluding hydrogens is 316 g/mol. The van der Waals surface area contributed by atoms with Gasteiger partial charge in [0.05, 0.1) is 7.11 Å². The molecule has 1 amide bonds. The van der Waals surface area contributed by atoms with Crippen molar-refractivity contribution >= 4 is 16.9 Å². The summed E-state index contributed by atoms with van der Waals surface area (Å²) in [5, 5.41) is 0.911. The van der Waals surface area contributed by atoms with Crippen LogP contribution in [0.1, 0.15) is 29.8 Å². The first-order chi connectivity index (χ1) is 12.2. The van der Waals surface area contributed by atoms with E-state index in [0.29, 0.717) is 23.0 Å². The fraction of sp³-hybridized carbons (Fsp3) is 0.550. The van der Waals surface area contributed by atoms with Crippen LogP contribution in [0.2, 0.25) is 0 Å². The zero-order valence-electron chi connectivity index (χ0n) is 15.0. The number of piperidine rings is 1. The second kappa shape index (κ2) is 6.71. The van der Waals surface area contributed by atoms with Crippen LogP contribution in [0.25, 0.3) is 11.0 Å². The van der Waals surface area contributed by atoms with Crippen LogP contribution in [0.5, 0.6) is 5.75 Å². The summed E-state index contributed by atoms with van der Waals surface area (Å²) < 4.78 is 11.2. The Morgan fingerprint density at radius 1 is 1.16 bits per heavy atom. The van der Waals surface area contributed by atoms with Gasteiger partial charge in [-0.25, -0.2) is 0 Å². The molecule has 5 nitrogen and oxygen atoms in total. The minimum atomic E-state index is 0.00804. The average Bonchev–Trinajstić information content (AvgIpc) is 3.28. The van der Waals surface area contributed by atoms with E-state index in [0.717, 1.165) is 30.8 Å². The number of nitrogens with zero attached hydrogens (tertiary/aromatic N) is 2. The lowest BCUT2D eigenvalue weighted by Crippen LogP contribution is -2.35. The molecule has 2 aromatic rings. The Balaban J connectivity index is 1.47. The first kappa shape index (κ1) is 16.5. The number of para-hydroxylation sites is 1. The summed E-state index contributed by atoms with van der Waals surface area (Å²) >= 11 is 0. The average molecular weight is 342 g/mol. The van der Waals surface area contributed by atoms with E-state index in [1.54, 1.807) is 7.11 Å². The molecule has 0 aliphatic carbocycles. The Bertz CT molecular complexity index is 761. The minimum absolute atomic E-state index is 0.00804. The number of amides is 1. The molecule has 134 valence electrons. The zero-order chi connectivity index (χ0) is 17.4. The summed E-state index contributed by atoms with van der Waals surface area (Å²) in [6.07, 6.45) is 3.62. The summed E-state index contributed by atoms with van der Waals surface area (Å²) in [5.41, 5.74) is 0.652. The van der Waals surface area contributed by atoms with Crippen molar-refractivity contribution in [2.75, 3.05) is 40.3 Å². The van der Waals surface area contributed by atoms with Gasteiger partial charge >= 0.3 is 0 Å². The van der Waals surface area contributed by atoms with E-state index in [-0.39, 0.29) is 5.91 Å². The lowest BCUT2D eigenvalue weighted by molar-refractivity contribution is 0.0747. The summed E-state index contributed by atoms with van der Waals surface area (Å²) in [7, 11) is 3.81. The topological polar surface area (TPSA) is 45.9 Å². The molecule has 1 aromatic heterocycles. The summed E-state index contributed by atoms with van der Waals surface area (Å²) in [5.74, 6) is 2.49. The number of fused-ring (bicyclic) bond motifs is 1. The lowest BCUT2D eigenvalue weighted by atomic mass is 9.84. The fourth-order valence-electron chi connectivity index (χ4n) is 4.31. The molecule has 5 heteroatoms. The molecule has 2 saturated heterocycles. The number of hydrogen-bond acceptors (Lipinski definition) is 4. The molecule has 1 atom stereocenters. The van der Waals surface area contributed by atoms with Crippen molar-refractivity contribution < 1.29 is 13.9 Å². The fourth-order valence-corrected chi connectivity index (χ4v) is 4.31. The van der Waals surface area contributed by atoms with E-state index in [1.165, 1.54) is 25.9 Å². The quantitative estimate of drug-likeness (QED) is 0.859. The Morgan fingerprint density at radius 3 is 2.68 bits per heavy atom. The Hall–Kier alpha value is -2.01.